The molecule has 94 valence electrons. The minimum atomic E-state index is 0.333. The highest BCUT2D eigenvalue weighted by Crippen LogP contribution is 2.22. The Morgan fingerprint density at radius 2 is 2.19 bits per heavy atom. The van der Waals surface area contributed by atoms with Crippen molar-refractivity contribution in [1.82, 2.24) is 4.90 Å². The molecule has 5 heteroatoms. The minimum absolute atomic E-state index is 0.333. The maximum absolute atomic E-state index is 11.7. The van der Waals surface area contributed by atoms with Crippen molar-refractivity contribution >= 4 is 36.3 Å². The van der Waals surface area contributed by atoms with Gasteiger partial charge in [-0.2, -0.15) is 0 Å². The molecule has 0 aromatic heterocycles. The molecular formula is C11H20INO2S. The van der Waals surface area contributed by atoms with Crippen molar-refractivity contribution in [1.29, 1.82) is 0 Å². The van der Waals surface area contributed by atoms with Gasteiger partial charge in [0.2, 0.25) is 5.91 Å². The Kier molecular flexibility index (Phi) is 7.81. The van der Waals surface area contributed by atoms with Gasteiger partial charge in [-0.25, -0.2) is 0 Å². The quantitative estimate of drug-likeness (QED) is 0.414. The standard InChI is InChI=1S/C11H20INO2S/c1-2-3-11(14)13-7-4-10(5-8-13)6-9-15-16-12/h10H,2-9H2,1H3. The molecule has 1 rings (SSSR count). The molecule has 0 radical (unpaired) electrons. The van der Waals surface area contributed by atoms with Gasteiger partial charge in [0.25, 0.3) is 0 Å². The Hall–Kier alpha value is 0.510. The first-order valence-corrected chi connectivity index (χ1v) is 9.24. The third-order valence-corrected chi connectivity index (χ3v) is 4.10. The SMILES string of the molecule is CCCC(=O)N1CCC(CCOSI)CC1. The van der Waals surface area contributed by atoms with E-state index >= 15 is 0 Å². The zero-order valence-electron chi connectivity index (χ0n) is 9.78. The van der Waals surface area contributed by atoms with Crippen LogP contribution in [0.15, 0.2) is 0 Å². The summed E-state index contributed by atoms with van der Waals surface area (Å²) in [7, 11) is 1.41. The average molecular weight is 357 g/mol. The maximum Gasteiger partial charge on any atom is 0.222 e. The van der Waals surface area contributed by atoms with E-state index in [0.717, 1.165) is 51.3 Å². The third-order valence-electron chi connectivity index (χ3n) is 3.09. The number of halogens is 1. The predicted octanol–water partition coefficient (Wildman–Crippen LogP) is 3.43. The summed E-state index contributed by atoms with van der Waals surface area (Å²) in [5.74, 6) is 1.08. The van der Waals surface area contributed by atoms with Gasteiger partial charge >= 0.3 is 0 Å². The Bertz CT molecular complexity index is 208. The van der Waals surface area contributed by atoms with Crippen LogP contribution in [-0.4, -0.2) is 30.5 Å². The summed E-state index contributed by atoms with van der Waals surface area (Å²) in [5, 5.41) is 0. The number of rotatable bonds is 6. The van der Waals surface area contributed by atoms with Gasteiger partial charge in [0.05, 0.1) is 15.8 Å². The number of nitrogens with zero attached hydrogens (tertiary/aromatic N) is 1. The van der Waals surface area contributed by atoms with Gasteiger partial charge in [-0.05, 0) is 31.6 Å². The molecule has 1 aliphatic rings. The lowest BCUT2D eigenvalue weighted by Crippen LogP contribution is -2.38. The summed E-state index contributed by atoms with van der Waals surface area (Å²) >= 11 is 2.14. The lowest BCUT2D eigenvalue weighted by molar-refractivity contribution is -0.132. The highest BCUT2D eigenvalue weighted by molar-refractivity contribution is 14.2. The summed E-state index contributed by atoms with van der Waals surface area (Å²) in [6, 6.07) is 0. The van der Waals surface area contributed by atoms with Crippen molar-refractivity contribution in [3.8, 4) is 0 Å². The first-order chi connectivity index (χ1) is 7.77. The number of hydrogen-bond donors (Lipinski definition) is 0. The van der Waals surface area contributed by atoms with Crippen LogP contribution < -0.4 is 0 Å². The van der Waals surface area contributed by atoms with Gasteiger partial charge in [0.1, 0.15) is 0 Å². The molecule has 1 saturated heterocycles. The van der Waals surface area contributed by atoms with Gasteiger partial charge in [0.15, 0.2) is 0 Å². The van der Waals surface area contributed by atoms with Gasteiger partial charge in [-0.3, -0.25) is 4.79 Å². The summed E-state index contributed by atoms with van der Waals surface area (Å²) in [6.07, 6.45) is 5.08. The van der Waals surface area contributed by atoms with Gasteiger partial charge in [-0.15, -0.1) is 0 Å². The molecule has 0 unspecified atom stereocenters. The fraction of sp³-hybridized carbons (Fsp3) is 0.909. The van der Waals surface area contributed by atoms with Crippen LogP contribution in [0, 0.1) is 5.92 Å². The van der Waals surface area contributed by atoms with Crippen LogP contribution in [0.5, 0.6) is 0 Å². The van der Waals surface area contributed by atoms with E-state index in [1.54, 1.807) is 0 Å². The highest BCUT2D eigenvalue weighted by atomic mass is 127. The highest BCUT2D eigenvalue weighted by Gasteiger charge is 2.21. The van der Waals surface area contributed by atoms with Crippen LogP contribution >= 0.6 is 30.4 Å². The molecule has 1 aliphatic heterocycles. The van der Waals surface area contributed by atoms with Crippen LogP contribution in [0.25, 0.3) is 0 Å². The largest absolute Gasteiger partial charge is 0.343 e. The Labute approximate surface area is 114 Å². The predicted molar refractivity (Wildman–Crippen MR) is 76.4 cm³/mol. The average Bonchev–Trinajstić information content (AvgIpc) is 2.30. The molecule has 1 heterocycles. The van der Waals surface area contributed by atoms with E-state index in [0.29, 0.717) is 12.3 Å². The second-order valence-electron chi connectivity index (χ2n) is 4.25. The normalized spacial score (nSPS) is 17.8. The van der Waals surface area contributed by atoms with Gasteiger partial charge in [-0.1, -0.05) is 6.92 Å². The molecule has 0 N–H and O–H groups in total. The van der Waals surface area contributed by atoms with Crippen molar-refractivity contribution in [2.24, 2.45) is 5.92 Å². The number of likely N-dealkylation sites (tertiary alicyclic amines) is 1. The van der Waals surface area contributed by atoms with Crippen molar-refractivity contribution in [3.05, 3.63) is 0 Å². The number of amides is 1. The molecule has 3 nitrogen and oxygen atoms in total. The molecule has 1 amide bonds. The number of piperidine rings is 1. The molecule has 0 bridgehead atoms. The Morgan fingerprint density at radius 1 is 1.50 bits per heavy atom. The van der Waals surface area contributed by atoms with E-state index in [-0.39, 0.29) is 0 Å². The minimum Gasteiger partial charge on any atom is -0.343 e. The van der Waals surface area contributed by atoms with Gasteiger partial charge in [0, 0.05) is 40.7 Å². The van der Waals surface area contributed by atoms with Crippen molar-refractivity contribution < 1.29 is 8.98 Å². The molecule has 0 saturated carbocycles. The van der Waals surface area contributed by atoms with Gasteiger partial charge < -0.3 is 9.08 Å². The van der Waals surface area contributed by atoms with E-state index in [9.17, 15) is 4.79 Å². The lowest BCUT2D eigenvalue weighted by Gasteiger charge is -2.32. The fourth-order valence-corrected chi connectivity index (χ4v) is 2.79. The maximum atomic E-state index is 11.7. The first-order valence-electron chi connectivity index (χ1n) is 5.96. The smallest absolute Gasteiger partial charge is 0.222 e. The van der Waals surface area contributed by atoms with Crippen molar-refractivity contribution in [2.75, 3.05) is 19.7 Å². The molecule has 0 spiro atoms. The molecule has 0 aliphatic carbocycles. The number of carbonyl (C=O) groups is 1. The molecular weight excluding hydrogens is 337 g/mol. The van der Waals surface area contributed by atoms with E-state index in [1.165, 1.54) is 9.21 Å². The second-order valence-corrected chi connectivity index (χ2v) is 5.69. The van der Waals surface area contributed by atoms with E-state index in [4.69, 9.17) is 4.18 Å². The fourth-order valence-electron chi connectivity index (χ4n) is 2.09. The molecule has 0 aromatic carbocycles. The van der Waals surface area contributed by atoms with Crippen molar-refractivity contribution in [3.63, 3.8) is 0 Å². The second kappa shape index (κ2) is 8.58. The lowest BCUT2D eigenvalue weighted by atomic mass is 9.94. The van der Waals surface area contributed by atoms with Crippen LogP contribution in [0.4, 0.5) is 0 Å². The van der Waals surface area contributed by atoms with Crippen LogP contribution in [0.1, 0.15) is 39.0 Å². The molecule has 1 fully saturated rings. The zero-order valence-corrected chi connectivity index (χ0v) is 12.8. The Balaban J connectivity index is 2.15. The third kappa shape index (κ3) is 5.23. The van der Waals surface area contributed by atoms with Crippen LogP contribution in [0.2, 0.25) is 0 Å². The Morgan fingerprint density at radius 3 is 2.75 bits per heavy atom. The van der Waals surface area contributed by atoms with E-state index in [1.807, 2.05) is 4.90 Å². The summed E-state index contributed by atoms with van der Waals surface area (Å²) < 4.78 is 5.27. The van der Waals surface area contributed by atoms with Crippen LogP contribution in [-0.2, 0) is 8.98 Å². The summed E-state index contributed by atoms with van der Waals surface area (Å²) in [6.45, 7) is 4.78. The van der Waals surface area contributed by atoms with E-state index < -0.39 is 0 Å². The number of hydrogen-bond acceptors (Lipinski definition) is 3. The molecule has 16 heavy (non-hydrogen) atoms. The molecule has 0 atom stereocenters. The summed E-state index contributed by atoms with van der Waals surface area (Å²) in [4.78, 5) is 13.7. The topological polar surface area (TPSA) is 29.5 Å². The monoisotopic (exact) mass is 357 g/mol. The number of carbonyl (C=O) groups excluding carboxylic acids is 1. The first kappa shape index (κ1) is 14.6. The zero-order chi connectivity index (χ0) is 11.8. The van der Waals surface area contributed by atoms with Crippen LogP contribution in [0.3, 0.4) is 0 Å². The molecule has 0 aromatic rings. The van der Waals surface area contributed by atoms with E-state index in [2.05, 4.69) is 28.1 Å². The summed E-state index contributed by atoms with van der Waals surface area (Å²) in [5.41, 5.74) is 0. The van der Waals surface area contributed by atoms with Crippen molar-refractivity contribution in [2.45, 2.75) is 39.0 Å².